The molecule has 0 saturated carbocycles. The lowest BCUT2D eigenvalue weighted by atomic mass is 9.97. The Morgan fingerprint density at radius 1 is 1.48 bits per heavy atom. The van der Waals surface area contributed by atoms with Crippen LogP contribution in [0.1, 0.15) is 46.0 Å². The molecule has 0 saturated heterocycles. The molecule has 0 heterocycles. The van der Waals surface area contributed by atoms with Crippen LogP contribution in [-0.4, -0.2) is 40.1 Å². The fraction of sp³-hybridized carbons (Fsp3) is 0.733. The van der Waals surface area contributed by atoms with Crippen LogP contribution < -0.4 is 11.1 Å². The van der Waals surface area contributed by atoms with E-state index in [4.69, 9.17) is 10.8 Å². The van der Waals surface area contributed by atoms with Crippen molar-refractivity contribution < 1.29 is 14.7 Å². The highest BCUT2D eigenvalue weighted by atomic mass is 32.2. The lowest BCUT2D eigenvalue weighted by Crippen LogP contribution is -2.47. The maximum atomic E-state index is 11.8. The second kappa shape index (κ2) is 8.44. The van der Waals surface area contributed by atoms with Gasteiger partial charge in [-0.15, -0.1) is 11.8 Å². The molecule has 5 nitrogen and oxygen atoms in total. The molecule has 0 aromatic rings. The van der Waals surface area contributed by atoms with Crippen LogP contribution in [0.25, 0.3) is 0 Å². The van der Waals surface area contributed by atoms with Gasteiger partial charge in [-0.1, -0.05) is 11.6 Å². The zero-order chi connectivity index (χ0) is 15.9. The quantitative estimate of drug-likeness (QED) is 0.595. The number of carboxylic acids is 1. The molecule has 4 N–H and O–H groups in total. The zero-order valence-electron chi connectivity index (χ0n) is 12.9. The van der Waals surface area contributed by atoms with Crippen LogP contribution in [0.2, 0.25) is 0 Å². The molecule has 0 fully saturated rings. The van der Waals surface area contributed by atoms with E-state index in [0.29, 0.717) is 6.54 Å². The molecular weight excluding hydrogens is 288 g/mol. The van der Waals surface area contributed by atoms with Crippen molar-refractivity contribution in [1.29, 1.82) is 0 Å². The fourth-order valence-electron chi connectivity index (χ4n) is 2.18. The summed E-state index contributed by atoms with van der Waals surface area (Å²) in [5.74, 6) is -0.883. The first-order valence-electron chi connectivity index (χ1n) is 7.40. The molecule has 0 aromatic heterocycles. The second-order valence-electron chi connectivity index (χ2n) is 5.92. The summed E-state index contributed by atoms with van der Waals surface area (Å²) >= 11 is 1.28. The van der Waals surface area contributed by atoms with E-state index in [2.05, 4.69) is 11.4 Å². The van der Waals surface area contributed by atoms with Crippen molar-refractivity contribution in [2.75, 3.05) is 12.3 Å². The van der Waals surface area contributed by atoms with Gasteiger partial charge in [-0.05, 0) is 46.0 Å². The number of carbonyl (C=O) groups is 2. The number of hydrogen-bond donors (Lipinski definition) is 3. The van der Waals surface area contributed by atoms with E-state index >= 15 is 0 Å². The molecule has 0 aromatic carbocycles. The molecule has 0 radical (unpaired) electrons. The van der Waals surface area contributed by atoms with Gasteiger partial charge in [0.15, 0.2) is 0 Å². The molecule has 1 amide bonds. The van der Waals surface area contributed by atoms with Gasteiger partial charge in [0.25, 0.3) is 0 Å². The molecule has 0 aliphatic heterocycles. The Labute approximate surface area is 130 Å². The first kappa shape index (κ1) is 18.0. The Hall–Kier alpha value is -1.01. The topological polar surface area (TPSA) is 92.4 Å². The van der Waals surface area contributed by atoms with Crippen LogP contribution in [0.3, 0.4) is 0 Å². The summed E-state index contributed by atoms with van der Waals surface area (Å²) in [6, 6.07) is -0.984. The Kier molecular flexibility index (Phi) is 7.25. The average molecular weight is 314 g/mol. The highest BCUT2D eigenvalue weighted by Crippen LogP contribution is 2.27. The van der Waals surface area contributed by atoms with E-state index in [1.807, 2.05) is 0 Å². The highest BCUT2D eigenvalue weighted by molar-refractivity contribution is 8.01. The first-order valence-corrected chi connectivity index (χ1v) is 8.38. The van der Waals surface area contributed by atoms with Gasteiger partial charge in [-0.3, -0.25) is 9.59 Å². The number of aliphatic carboxylic acids is 1. The van der Waals surface area contributed by atoms with Crippen LogP contribution >= 0.6 is 11.8 Å². The van der Waals surface area contributed by atoms with Crippen molar-refractivity contribution >= 4 is 23.6 Å². The Morgan fingerprint density at radius 2 is 2.19 bits per heavy atom. The van der Waals surface area contributed by atoms with Gasteiger partial charge >= 0.3 is 5.97 Å². The lowest BCUT2D eigenvalue weighted by Gasteiger charge is -2.27. The standard InChI is InChI=1S/C15H26N2O3S/c1-15(2,13(16)14(19)20)21-10-12(18)17-9-8-11-6-4-3-5-7-11/h6,13H,3-5,7-10,16H2,1-2H3,(H,17,18)(H,19,20)/t13-/m0/s1. The molecule has 120 valence electrons. The molecule has 0 spiro atoms. The molecule has 6 heteroatoms. The third kappa shape index (κ3) is 6.52. The van der Waals surface area contributed by atoms with Gasteiger partial charge < -0.3 is 16.2 Å². The Balaban J connectivity index is 2.24. The van der Waals surface area contributed by atoms with Crippen molar-refractivity contribution in [2.45, 2.75) is 56.7 Å². The minimum absolute atomic E-state index is 0.0675. The Bertz CT molecular complexity index is 408. The van der Waals surface area contributed by atoms with Crippen LogP contribution in [0.5, 0.6) is 0 Å². The third-order valence-corrected chi connectivity index (χ3v) is 5.15. The van der Waals surface area contributed by atoms with E-state index < -0.39 is 16.8 Å². The van der Waals surface area contributed by atoms with Gasteiger partial charge in [0, 0.05) is 11.3 Å². The number of carbonyl (C=O) groups excluding carboxylic acids is 1. The van der Waals surface area contributed by atoms with E-state index in [1.165, 1.54) is 30.2 Å². The number of thioether (sulfide) groups is 1. The molecule has 0 bridgehead atoms. The lowest BCUT2D eigenvalue weighted by molar-refractivity contribution is -0.139. The largest absolute Gasteiger partial charge is 0.480 e. The number of nitrogens with two attached hydrogens (primary N) is 1. The fourth-order valence-corrected chi connectivity index (χ4v) is 3.07. The van der Waals surface area contributed by atoms with E-state index in [9.17, 15) is 9.59 Å². The number of amides is 1. The van der Waals surface area contributed by atoms with Gasteiger partial charge in [0.05, 0.1) is 5.75 Å². The smallest absolute Gasteiger partial charge is 0.321 e. The van der Waals surface area contributed by atoms with Crippen LogP contribution in [-0.2, 0) is 9.59 Å². The summed E-state index contributed by atoms with van der Waals surface area (Å²) in [6.45, 7) is 4.14. The number of allylic oxidation sites excluding steroid dienone is 1. The van der Waals surface area contributed by atoms with Crippen molar-refractivity contribution in [1.82, 2.24) is 5.32 Å². The summed E-state index contributed by atoms with van der Waals surface area (Å²) in [5, 5.41) is 11.8. The minimum Gasteiger partial charge on any atom is -0.480 e. The normalized spacial score (nSPS) is 17.0. The molecule has 1 aliphatic carbocycles. The van der Waals surface area contributed by atoms with Crippen LogP contribution in [0.4, 0.5) is 0 Å². The van der Waals surface area contributed by atoms with Gasteiger partial charge in [0.2, 0.25) is 5.91 Å². The summed E-state index contributed by atoms with van der Waals surface area (Å²) < 4.78 is -0.672. The van der Waals surface area contributed by atoms with Gasteiger partial charge in [0.1, 0.15) is 6.04 Å². The predicted molar refractivity (Wildman–Crippen MR) is 86.3 cm³/mol. The van der Waals surface area contributed by atoms with Crippen molar-refractivity contribution in [3.63, 3.8) is 0 Å². The Morgan fingerprint density at radius 3 is 2.76 bits per heavy atom. The predicted octanol–water partition coefficient (Wildman–Crippen LogP) is 1.92. The van der Waals surface area contributed by atoms with Crippen molar-refractivity contribution in [2.24, 2.45) is 5.73 Å². The summed E-state index contributed by atoms with van der Waals surface area (Å²) in [5.41, 5.74) is 7.05. The van der Waals surface area contributed by atoms with Crippen molar-refractivity contribution in [3.8, 4) is 0 Å². The number of hydrogen-bond acceptors (Lipinski definition) is 4. The highest BCUT2D eigenvalue weighted by Gasteiger charge is 2.33. The van der Waals surface area contributed by atoms with E-state index in [-0.39, 0.29) is 11.7 Å². The maximum Gasteiger partial charge on any atom is 0.321 e. The SMILES string of the molecule is CC(C)(SCC(=O)NCCC1=CCCCC1)[C@@H](N)C(=O)O. The van der Waals surface area contributed by atoms with Gasteiger partial charge in [-0.25, -0.2) is 0 Å². The summed E-state index contributed by atoms with van der Waals surface area (Å²) in [4.78, 5) is 22.7. The summed E-state index contributed by atoms with van der Waals surface area (Å²) in [6.07, 6.45) is 8.00. The maximum absolute atomic E-state index is 11.8. The molecule has 0 unspecified atom stereocenters. The molecule has 1 rings (SSSR count). The molecule has 21 heavy (non-hydrogen) atoms. The van der Waals surface area contributed by atoms with Gasteiger partial charge in [-0.2, -0.15) is 0 Å². The number of rotatable bonds is 8. The molecular formula is C15H26N2O3S. The van der Waals surface area contributed by atoms with Crippen LogP contribution in [0.15, 0.2) is 11.6 Å². The van der Waals surface area contributed by atoms with Crippen molar-refractivity contribution in [3.05, 3.63) is 11.6 Å². The minimum atomic E-state index is -1.04. The monoisotopic (exact) mass is 314 g/mol. The first-order chi connectivity index (χ1) is 9.83. The van der Waals surface area contributed by atoms with E-state index in [0.717, 1.165) is 19.3 Å². The second-order valence-corrected chi connectivity index (χ2v) is 7.55. The third-order valence-electron chi connectivity index (χ3n) is 3.74. The molecule has 1 aliphatic rings. The summed E-state index contributed by atoms with van der Waals surface area (Å²) in [7, 11) is 0. The number of nitrogens with one attached hydrogen (secondary N) is 1. The average Bonchev–Trinajstić information content (AvgIpc) is 2.45. The number of carboxylic acid groups (broad SMARTS) is 1. The van der Waals surface area contributed by atoms with E-state index in [1.54, 1.807) is 13.8 Å². The van der Waals surface area contributed by atoms with Crippen LogP contribution in [0, 0.1) is 0 Å². The molecule has 1 atom stereocenters. The zero-order valence-corrected chi connectivity index (χ0v) is 13.7.